The quantitative estimate of drug-likeness (QED) is 0.317. The summed E-state index contributed by atoms with van der Waals surface area (Å²) < 4.78 is 13.8. The van der Waals surface area contributed by atoms with Crippen molar-refractivity contribution in [2.24, 2.45) is 11.8 Å². The van der Waals surface area contributed by atoms with Crippen LogP contribution in [0.2, 0.25) is 0 Å². The maximum atomic E-state index is 13.8. The highest BCUT2D eigenvalue weighted by molar-refractivity contribution is 6.40. The Labute approximate surface area is 197 Å². The van der Waals surface area contributed by atoms with Crippen molar-refractivity contribution < 1.29 is 28.4 Å². The van der Waals surface area contributed by atoms with E-state index in [1.54, 1.807) is 0 Å². The molecule has 34 heavy (non-hydrogen) atoms. The topological polar surface area (TPSA) is 133 Å². The molecule has 4 N–H and O–H groups in total. The summed E-state index contributed by atoms with van der Waals surface area (Å²) in [6.07, 6.45) is 6.61. The molecular formula is C24H31FN4O5. The van der Waals surface area contributed by atoms with Crippen molar-refractivity contribution in [3.63, 3.8) is 0 Å². The van der Waals surface area contributed by atoms with Gasteiger partial charge < -0.3 is 26.1 Å². The highest BCUT2D eigenvalue weighted by Crippen LogP contribution is 2.27. The fraction of sp³-hybridized carbons (Fsp3) is 0.542. The summed E-state index contributed by atoms with van der Waals surface area (Å²) in [6.45, 7) is 0.528. The maximum absolute atomic E-state index is 13.8. The minimum atomic E-state index is -1.10. The highest BCUT2D eigenvalue weighted by Gasteiger charge is 2.32. The summed E-state index contributed by atoms with van der Waals surface area (Å²) in [5.41, 5.74) is -0.146. The summed E-state index contributed by atoms with van der Waals surface area (Å²) in [6, 6.07) is 3.51. The summed E-state index contributed by atoms with van der Waals surface area (Å²) in [5, 5.41) is 9.97. The number of anilines is 1. The Morgan fingerprint density at radius 3 is 2.41 bits per heavy atom. The molecule has 9 nitrogen and oxygen atoms in total. The number of halogens is 1. The van der Waals surface area contributed by atoms with Crippen molar-refractivity contribution in [3.05, 3.63) is 30.1 Å². The molecule has 1 saturated heterocycles. The number of hydrogen-bond donors (Lipinski definition) is 4. The van der Waals surface area contributed by atoms with Crippen molar-refractivity contribution in [3.8, 4) is 0 Å². The zero-order chi connectivity index (χ0) is 24.5. The van der Waals surface area contributed by atoms with E-state index in [4.69, 9.17) is 0 Å². The van der Waals surface area contributed by atoms with Crippen LogP contribution in [0.25, 0.3) is 0 Å². The third-order valence-corrected chi connectivity index (χ3v) is 6.44. The van der Waals surface area contributed by atoms with Gasteiger partial charge in [-0.3, -0.25) is 19.2 Å². The van der Waals surface area contributed by atoms with Crippen LogP contribution in [-0.4, -0.2) is 48.5 Å². The zero-order valence-corrected chi connectivity index (χ0v) is 19.0. The molecule has 1 aliphatic carbocycles. The van der Waals surface area contributed by atoms with Gasteiger partial charge in [-0.2, -0.15) is 0 Å². The molecule has 0 radical (unpaired) electrons. The predicted octanol–water partition coefficient (Wildman–Crippen LogP) is 1.43. The van der Waals surface area contributed by atoms with Gasteiger partial charge in [0, 0.05) is 12.5 Å². The molecule has 2 aliphatic rings. The van der Waals surface area contributed by atoms with Crippen LogP contribution in [0.3, 0.4) is 0 Å². The Hall–Kier alpha value is -3.30. The number of carbonyl (C=O) groups excluding carboxylic acids is 5. The molecule has 0 bridgehead atoms. The largest absolute Gasteiger partial charge is 0.356 e. The number of para-hydroxylation sites is 1. The lowest BCUT2D eigenvalue weighted by molar-refractivity contribution is -0.138. The average Bonchev–Trinajstić information content (AvgIpc) is 3.24. The second-order valence-corrected chi connectivity index (χ2v) is 8.96. The molecule has 1 saturated carbocycles. The minimum absolute atomic E-state index is 0.146. The third kappa shape index (κ3) is 7.10. The van der Waals surface area contributed by atoms with Gasteiger partial charge in [0.25, 0.3) is 0 Å². The lowest BCUT2D eigenvalue weighted by Crippen LogP contribution is -2.53. The lowest BCUT2D eigenvalue weighted by atomic mass is 9.84. The van der Waals surface area contributed by atoms with Crippen molar-refractivity contribution in [2.75, 3.05) is 11.9 Å². The number of carbonyl (C=O) groups is 5. The van der Waals surface area contributed by atoms with E-state index in [0.29, 0.717) is 25.7 Å². The molecule has 4 amide bonds. The summed E-state index contributed by atoms with van der Waals surface area (Å²) in [5.74, 6) is -3.78. The molecule has 1 aromatic carbocycles. The van der Waals surface area contributed by atoms with Crippen LogP contribution in [0.5, 0.6) is 0 Å². The normalized spacial score (nSPS) is 20.0. The van der Waals surface area contributed by atoms with Crippen molar-refractivity contribution in [1.29, 1.82) is 0 Å². The molecule has 0 spiro atoms. The second-order valence-electron chi connectivity index (χ2n) is 8.96. The van der Waals surface area contributed by atoms with Gasteiger partial charge in [-0.25, -0.2) is 4.39 Å². The Bertz CT molecular complexity index is 918. The fourth-order valence-electron chi connectivity index (χ4n) is 4.56. The van der Waals surface area contributed by atoms with Gasteiger partial charge in [-0.15, -0.1) is 0 Å². The molecule has 3 atom stereocenters. The van der Waals surface area contributed by atoms with Crippen LogP contribution in [0.15, 0.2) is 24.3 Å². The Balaban J connectivity index is 1.65. The monoisotopic (exact) mass is 474 g/mol. The number of hydrogen-bond acceptors (Lipinski definition) is 5. The van der Waals surface area contributed by atoms with Crippen LogP contribution in [0.4, 0.5) is 10.1 Å². The molecule has 1 aliphatic heterocycles. The first-order valence-corrected chi connectivity index (χ1v) is 11.8. The van der Waals surface area contributed by atoms with Crippen molar-refractivity contribution >= 4 is 35.6 Å². The maximum Gasteiger partial charge on any atom is 0.313 e. The standard InChI is InChI=1S/C24H31FN4O5/c25-18-8-4-5-9-19(18)28-23(33)24(34)29-20(12-15-6-2-1-3-7-15)22(32)27-17(14-30)13-16-10-11-26-21(16)31/h4-5,8-9,14-17,20H,1-3,6-7,10-13H2,(H,26,31)(H,27,32)(H,28,33)(H,29,34)/t16-,17-,20-/m0/s1. The first-order chi connectivity index (χ1) is 16.4. The molecule has 3 rings (SSSR count). The fourth-order valence-corrected chi connectivity index (χ4v) is 4.56. The number of benzene rings is 1. The van der Waals surface area contributed by atoms with Gasteiger partial charge in [0.15, 0.2) is 0 Å². The second kappa shape index (κ2) is 12.2. The van der Waals surface area contributed by atoms with Crippen molar-refractivity contribution in [1.82, 2.24) is 16.0 Å². The third-order valence-electron chi connectivity index (χ3n) is 6.44. The minimum Gasteiger partial charge on any atom is -0.356 e. The van der Waals surface area contributed by atoms with E-state index in [1.165, 1.54) is 18.2 Å². The molecule has 0 aromatic heterocycles. The highest BCUT2D eigenvalue weighted by atomic mass is 19.1. The van der Waals surface area contributed by atoms with Crippen LogP contribution in [-0.2, 0) is 24.0 Å². The number of aldehydes is 1. The van der Waals surface area contributed by atoms with Gasteiger partial charge >= 0.3 is 11.8 Å². The molecule has 2 fully saturated rings. The van der Waals surface area contributed by atoms with Gasteiger partial charge in [0.1, 0.15) is 18.1 Å². The number of rotatable bonds is 9. The number of nitrogens with one attached hydrogen (secondary N) is 4. The smallest absolute Gasteiger partial charge is 0.313 e. The van der Waals surface area contributed by atoms with Crippen LogP contribution >= 0.6 is 0 Å². The van der Waals surface area contributed by atoms with Gasteiger partial charge in [-0.1, -0.05) is 44.2 Å². The van der Waals surface area contributed by atoms with Gasteiger partial charge in [0.05, 0.1) is 11.7 Å². The van der Waals surface area contributed by atoms with Crippen LogP contribution in [0.1, 0.15) is 51.4 Å². The van der Waals surface area contributed by atoms with Crippen LogP contribution in [0, 0.1) is 17.7 Å². The molecular weight excluding hydrogens is 443 g/mol. The van der Waals surface area contributed by atoms with Gasteiger partial charge in [0.2, 0.25) is 11.8 Å². The van der Waals surface area contributed by atoms with E-state index < -0.39 is 35.6 Å². The van der Waals surface area contributed by atoms with E-state index in [0.717, 1.165) is 38.2 Å². The Morgan fingerprint density at radius 1 is 1.03 bits per heavy atom. The summed E-state index contributed by atoms with van der Waals surface area (Å²) in [7, 11) is 0. The number of amides is 4. The zero-order valence-electron chi connectivity index (χ0n) is 19.0. The average molecular weight is 475 g/mol. The van der Waals surface area contributed by atoms with E-state index in [2.05, 4.69) is 21.3 Å². The molecule has 10 heteroatoms. The lowest BCUT2D eigenvalue weighted by Gasteiger charge is -2.27. The van der Waals surface area contributed by atoms with E-state index in [9.17, 15) is 28.4 Å². The van der Waals surface area contributed by atoms with Gasteiger partial charge in [-0.05, 0) is 37.3 Å². The Kier molecular flexibility index (Phi) is 9.12. The van der Waals surface area contributed by atoms with E-state index in [-0.39, 0.29) is 29.9 Å². The van der Waals surface area contributed by atoms with Crippen molar-refractivity contribution in [2.45, 2.75) is 63.5 Å². The predicted molar refractivity (Wildman–Crippen MR) is 122 cm³/mol. The van der Waals surface area contributed by atoms with Crippen LogP contribution < -0.4 is 21.3 Å². The molecule has 1 heterocycles. The Morgan fingerprint density at radius 2 is 1.76 bits per heavy atom. The van der Waals surface area contributed by atoms with E-state index in [1.807, 2.05) is 0 Å². The first-order valence-electron chi connectivity index (χ1n) is 11.8. The molecule has 0 unspecified atom stereocenters. The summed E-state index contributed by atoms with van der Waals surface area (Å²) >= 11 is 0. The molecule has 184 valence electrons. The first kappa shape index (κ1) is 25.3. The molecule has 1 aromatic rings. The van der Waals surface area contributed by atoms with E-state index >= 15 is 0 Å². The SMILES string of the molecule is O=C[C@H](C[C@@H]1CCNC1=O)NC(=O)[C@H](CC1CCCCC1)NC(=O)C(=O)Nc1ccccc1F. The summed E-state index contributed by atoms with van der Waals surface area (Å²) in [4.78, 5) is 61.3.